The molecule has 2 atom stereocenters. The van der Waals surface area contributed by atoms with Gasteiger partial charge in [0.05, 0.1) is 0 Å². The summed E-state index contributed by atoms with van der Waals surface area (Å²) in [7, 11) is 0. The number of rotatable bonds is 3. The van der Waals surface area contributed by atoms with E-state index in [0.29, 0.717) is 11.5 Å². The molecule has 3 rings (SSSR count). The maximum atomic E-state index is 3.84. The van der Waals surface area contributed by atoms with Crippen LogP contribution in [0.1, 0.15) is 52.0 Å². The maximum absolute atomic E-state index is 3.84. The van der Waals surface area contributed by atoms with Crippen molar-refractivity contribution in [1.82, 2.24) is 10.3 Å². The topological polar surface area (TPSA) is 27.8 Å². The first-order chi connectivity index (χ1) is 10.0. The Morgan fingerprint density at radius 1 is 1.14 bits per heavy atom. The standard InChI is InChI=1S/C19H28N2/c1-19(2,3)16-6-4-5-7-18(16)21-13-14-8-9-17-15(12-14)10-11-20-17/h8-12,16,18,20-21H,4-7,13H2,1-3H3. The minimum atomic E-state index is 0.405. The van der Waals surface area contributed by atoms with E-state index < -0.39 is 0 Å². The first kappa shape index (κ1) is 14.6. The fourth-order valence-electron chi connectivity index (χ4n) is 3.87. The number of aromatic nitrogens is 1. The van der Waals surface area contributed by atoms with Gasteiger partial charge in [-0.15, -0.1) is 0 Å². The molecule has 2 unspecified atom stereocenters. The van der Waals surface area contributed by atoms with Crippen molar-refractivity contribution >= 4 is 10.9 Å². The third-order valence-corrected chi connectivity index (χ3v) is 5.06. The number of hydrogen-bond acceptors (Lipinski definition) is 1. The van der Waals surface area contributed by atoms with Crippen LogP contribution >= 0.6 is 0 Å². The summed E-state index contributed by atoms with van der Waals surface area (Å²) in [5.74, 6) is 0.794. The van der Waals surface area contributed by atoms with Crippen molar-refractivity contribution in [2.24, 2.45) is 11.3 Å². The van der Waals surface area contributed by atoms with Crippen molar-refractivity contribution in [3.63, 3.8) is 0 Å². The van der Waals surface area contributed by atoms with E-state index in [4.69, 9.17) is 0 Å². The zero-order chi connectivity index (χ0) is 14.9. The largest absolute Gasteiger partial charge is 0.361 e. The van der Waals surface area contributed by atoms with Crippen LogP contribution in [0.3, 0.4) is 0 Å². The van der Waals surface area contributed by atoms with E-state index in [9.17, 15) is 0 Å². The fourth-order valence-corrected chi connectivity index (χ4v) is 3.87. The Morgan fingerprint density at radius 2 is 1.95 bits per heavy atom. The number of benzene rings is 1. The number of fused-ring (bicyclic) bond motifs is 1. The molecular weight excluding hydrogens is 256 g/mol. The zero-order valence-electron chi connectivity index (χ0n) is 13.6. The van der Waals surface area contributed by atoms with Crippen molar-refractivity contribution in [3.05, 3.63) is 36.0 Å². The van der Waals surface area contributed by atoms with E-state index in [1.807, 2.05) is 6.20 Å². The van der Waals surface area contributed by atoms with Crippen LogP contribution in [0.2, 0.25) is 0 Å². The maximum Gasteiger partial charge on any atom is 0.0454 e. The molecule has 0 bridgehead atoms. The highest BCUT2D eigenvalue weighted by molar-refractivity contribution is 5.79. The molecular formula is C19H28N2. The quantitative estimate of drug-likeness (QED) is 0.827. The molecule has 1 saturated carbocycles. The van der Waals surface area contributed by atoms with Crippen LogP contribution in [0.25, 0.3) is 10.9 Å². The van der Waals surface area contributed by atoms with Gasteiger partial charge in [0.15, 0.2) is 0 Å². The van der Waals surface area contributed by atoms with E-state index in [1.54, 1.807) is 0 Å². The first-order valence-corrected chi connectivity index (χ1v) is 8.33. The summed E-state index contributed by atoms with van der Waals surface area (Å²) in [6.45, 7) is 8.16. The third-order valence-electron chi connectivity index (χ3n) is 5.06. The lowest BCUT2D eigenvalue weighted by Crippen LogP contribution is -2.43. The second-order valence-electron chi connectivity index (χ2n) is 7.64. The molecule has 0 aliphatic heterocycles. The number of hydrogen-bond donors (Lipinski definition) is 2. The van der Waals surface area contributed by atoms with Crippen molar-refractivity contribution in [2.75, 3.05) is 0 Å². The Hall–Kier alpha value is -1.28. The van der Waals surface area contributed by atoms with Gasteiger partial charge in [-0.05, 0) is 53.3 Å². The van der Waals surface area contributed by atoms with E-state index in [1.165, 1.54) is 42.1 Å². The molecule has 0 saturated heterocycles. The van der Waals surface area contributed by atoms with Crippen molar-refractivity contribution in [1.29, 1.82) is 0 Å². The number of aromatic amines is 1. The summed E-state index contributed by atoms with van der Waals surface area (Å²) in [5.41, 5.74) is 3.02. The van der Waals surface area contributed by atoms with E-state index in [2.05, 4.69) is 55.3 Å². The molecule has 1 aliphatic carbocycles. The summed E-state index contributed by atoms with van der Waals surface area (Å²) in [4.78, 5) is 3.26. The van der Waals surface area contributed by atoms with Crippen LogP contribution < -0.4 is 5.32 Å². The molecule has 2 nitrogen and oxygen atoms in total. The third kappa shape index (κ3) is 3.32. The molecule has 2 aromatic rings. The Balaban J connectivity index is 1.67. The van der Waals surface area contributed by atoms with Crippen molar-refractivity contribution in [2.45, 2.75) is 59.0 Å². The van der Waals surface area contributed by atoms with Gasteiger partial charge in [-0.25, -0.2) is 0 Å². The molecule has 1 aliphatic rings. The van der Waals surface area contributed by atoms with E-state index in [-0.39, 0.29) is 0 Å². The van der Waals surface area contributed by atoms with Crippen LogP contribution in [0, 0.1) is 11.3 Å². The zero-order valence-corrected chi connectivity index (χ0v) is 13.6. The molecule has 0 spiro atoms. The highest BCUT2D eigenvalue weighted by atomic mass is 14.9. The molecule has 1 heterocycles. The molecule has 1 aromatic heterocycles. The predicted octanol–water partition coefficient (Wildman–Crippen LogP) is 4.86. The van der Waals surface area contributed by atoms with Gasteiger partial charge < -0.3 is 10.3 Å². The Labute approximate surface area is 128 Å². The van der Waals surface area contributed by atoms with Crippen LogP contribution in [-0.4, -0.2) is 11.0 Å². The van der Waals surface area contributed by atoms with Gasteiger partial charge in [0.25, 0.3) is 0 Å². The van der Waals surface area contributed by atoms with Crippen LogP contribution in [0.5, 0.6) is 0 Å². The van der Waals surface area contributed by atoms with Crippen LogP contribution in [-0.2, 0) is 6.54 Å². The van der Waals surface area contributed by atoms with E-state index in [0.717, 1.165) is 12.5 Å². The molecule has 21 heavy (non-hydrogen) atoms. The molecule has 2 N–H and O–H groups in total. The second kappa shape index (κ2) is 5.84. The minimum absolute atomic E-state index is 0.405. The lowest BCUT2D eigenvalue weighted by atomic mass is 9.69. The summed E-state index contributed by atoms with van der Waals surface area (Å²) in [6, 6.07) is 9.54. The highest BCUT2D eigenvalue weighted by Gasteiger charge is 2.33. The summed E-state index contributed by atoms with van der Waals surface area (Å²) in [5, 5.41) is 5.15. The lowest BCUT2D eigenvalue weighted by Gasteiger charge is -2.41. The first-order valence-electron chi connectivity index (χ1n) is 8.33. The molecule has 2 heteroatoms. The smallest absolute Gasteiger partial charge is 0.0454 e. The van der Waals surface area contributed by atoms with Gasteiger partial charge in [0.2, 0.25) is 0 Å². The number of H-pyrrole nitrogens is 1. The normalized spacial score (nSPS) is 23.6. The minimum Gasteiger partial charge on any atom is -0.361 e. The predicted molar refractivity (Wildman–Crippen MR) is 90.3 cm³/mol. The summed E-state index contributed by atoms with van der Waals surface area (Å²) < 4.78 is 0. The van der Waals surface area contributed by atoms with Gasteiger partial charge in [0, 0.05) is 24.3 Å². The van der Waals surface area contributed by atoms with Gasteiger partial charge >= 0.3 is 0 Å². The molecule has 0 radical (unpaired) electrons. The monoisotopic (exact) mass is 284 g/mol. The summed E-state index contributed by atoms with van der Waals surface area (Å²) >= 11 is 0. The SMILES string of the molecule is CC(C)(C)C1CCCCC1NCc1ccc2[nH]ccc2c1. The molecule has 1 fully saturated rings. The number of nitrogens with one attached hydrogen (secondary N) is 2. The second-order valence-corrected chi connectivity index (χ2v) is 7.64. The molecule has 0 amide bonds. The van der Waals surface area contributed by atoms with Gasteiger partial charge in [-0.3, -0.25) is 0 Å². The lowest BCUT2D eigenvalue weighted by molar-refractivity contribution is 0.130. The van der Waals surface area contributed by atoms with E-state index >= 15 is 0 Å². The Morgan fingerprint density at radius 3 is 2.76 bits per heavy atom. The molecule has 114 valence electrons. The average molecular weight is 284 g/mol. The Kier molecular flexibility index (Phi) is 4.08. The van der Waals surface area contributed by atoms with Gasteiger partial charge in [-0.1, -0.05) is 39.7 Å². The van der Waals surface area contributed by atoms with Crippen molar-refractivity contribution in [3.8, 4) is 0 Å². The van der Waals surface area contributed by atoms with Crippen LogP contribution in [0.4, 0.5) is 0 Å². The molecule has 1 aromatic carbocycles. The highest BCUT2D eigenvalue weighted by Crippen LogP contribution is 2.38. The Bertz CT molecular complexity index is 591. The van der Waals surface area contributed by atoms with Crippen molar-refractivity contribution < 1.29 is 0 Å². The fraction of sp³-hybridized carbons (Fsp3) is 0.579. The average Bonchev–Trinajstić information content (AvgIpc) is 2.92. The van der Waals surface area contributed by atoms with Gasteiger partial charge in [-0.2, -0.15) is 0 Å². The summed E-state index contributed by atoms with van der Waals surface area (Å²) in [6.07, 6.45) is 7.49. The van der Waals surface area contributed by atoms with Crippen LogP contribution in [0.15, 0.2) is 30.5 Å². The van der Waals surface area contributed by atoms with Gasteiger partial charge in [0.1, 0.15) is 0 Å².